The van der Waals surface area contributed by atoms with Crippen molar-refractivity contribution in [1.82, 2.24) is 14.8 Å². The zero-order chi connectivity index (χ0) is 24.9. The Kier molecular flexibility index (Phi) is 9.54. The molecule has 184 valence electrons. The van der Waals surface area contributed by atoms with Gasteiger partial charge in [-0.3, -0.25) is 28.6 Å². The average Bonchev–Trinajstić information content (AvgIpc) is 3.45. The zero-order valence-electron chi connectivity index (χ0n) is 18.5. The summed E-state index contributed by atoms with van der Waals surface area (Å²) in [5.74, 6) is -1.54. The topological polar surface area (TPSA) is 121 Å². The van der Waals surface area contributed by atoms with Crippen LogP contribution in [0.4, 0.5) is 5.69 Å². The third-order valence-electron chi connectivity index (χ3n) is 5.69. The Balaban J connectivity index is 0.00000361. The molecule has 4 rings (SSSR count). The number of rotatable bonds is 8. The molecule has 3 N–H and O–H groups in total. The van der Waals surface area contributed by atoms with E-state index in [4.69, 9.17) is 16.7 Å². The molecular weight excluding hydrogens is 499 g/mol. The van der Waals surface area contributed by atoms with Crippen molar-refractivity contribution in [3.8, 4) is 5.69 Å². The number of likely N-dealkylation sites (tertiary alicyclic amines) is 1. The molecule has 0 aliphatic carbocycles. The number of nitrogens with one attached hydrogen (secondary N) is 2. The number of thiophene rings is 1. The second-order valence-corrected chi connectivity index (χ2v) is 9.82. The number of carboxylic acid groups (broad SMARTS) is 1. The molecular formula is C24H24ClLiN4O5S. The van der Waals surface area contributed by atoms with Crippen LogP contribution >= 0.6 is 22.9 Å². The number of carbonyl (C=O) groups is 3. The van der Waals surface area contributed by atoms with E-state index >= 15 is 0 Å². The molecule has 0 radical (unpaired) electrons. The van der Waals surface area contributed by atoms with Crippen LogP contribution in [0.25, 0.3) is 5.69 Å². The van der Waals surface area contributed by atoms with E-state index in [0.717, 1.165) is 11.3 Å². The van der Waals surface area contributed by atoms with Crippen LogP contribution < -0.4 is 16.2 Å². The van der Waals surface area contributed by atoms with Crippen LogP contribution in [0.15, 0.2) is 65.6 Å². The predicted molar refractivity (Wildman–Crippen MR) is 141 cm³/mol. The maximum atomic E-state index is 13.1. The van der Waals surface area contributed by atoms with Gasteiger partial charge in [0.1, 0.15) is 0 Å². The number of pyridine rings is 1. The summed E-state index contributed by atoms with van der Waals surface area (Å²) in [6, 6.07) is 14.1. The van der Waals surface area contributed by atoms with Crippen molar-refractivity contribution in [1.29, 1.82) is 0 Å². The first-order valence-corrected chi connectivity index (χ1v) is 12.1. The molecule has 1 saturated heterocycles. The van der Waals surface area contributed by atoms with Crippen molar-refractivity contribution in [2.24, 2.45) is 0 Å². The fraction of sp³-hybridized carbons (Fsp3) is 0.250. The van der Waals surface area contributed by atoms with Crippen LogP contribution in [0.1, 0.15) is 22.5 Å². The Morgan fingerprint density at radius 3 is 2.47 bits per heavy atom. The van der Waals surface area contributed by atoms with E-state index < -0.39 is 12.0 Å². The normalized spacial score (nSPS) is 17.2. The molecule has 2 aromatic heterocycles. The molecule has 1 fully saturated rings. The Hall–Kier alpha value is -2.87. The number of aliphatic carboxylic acids is 1. The molecule has 36 heavy (non-hydrogen) atoms. The van der Waals surface area contributed by atoms with Gasteiger partial charge in [-0.05, 0) is 48.9 Å². The van der Waals surface area contributed by atoms with Crippen LogP contribution in [-0.2, 0) is 9.59 Å². The predicted octanol–water partition coefficient (Wildman–Crippen LogP) is 2.19. The molecule has 2 atom stereocenters. The van der Waals surface area contributed by atoms with E-state index in [0.29, 0.717) is 33.6 Å². The summed E-state index contributed by atoms with van der Waals surface area (Å²) in [6.45, 7) is 0.534. The average molecular weight is 523 g/mol. The van der Waals surface area contributed by atoms with Gasteiger partial charge in [0.05, 0.1) is 21.7 Å². The van der Waals surface area contributed by atoms with Crippen molar-refractivity contribution in [2.45, 2.75) is 24.9 Å². The van der Waals surface area contributed by atoms with Crippen LogP contribution in [0, 0.1) is 0 Å². The first kappa shape index (κ1) is 27.7. The van der Waals surface area contributed by atoms with Gasteiger partial charge < -0.3 is 15.7 Å². The Labute approximate surface area is 228 Å². The first-order valence-electron chi connectivity index (χ1n) is 10.9. The summed E-state index contributed by atoms with van der Waals surface area (Å²) in [4.78, 5) is 51.0. The van der Waals surface area contributed by atoms with Crippen molar-refractivity contribution in [3.63, 3.8) is 0 Å². The Bertz CT molecular complexity index is 1300. The second-order valence-electron chi connectivity index (χ2n) is 8.11. The molecule has 3 heterocycles. The van der Waals surface area contributed by atoms with Crippen molar-refractivity contribution >= 4 is 65.3 Å². The molecule has 12 heteroatoms. The number of aromatic nitrogens is 1. The van der Waals surface area contributed by atoms with E-state index in [1.54, 1.807) is 59.6 Å². The summed E-state index contributed by atoms with van der Waals surface area (Å²) in [5, 5.41) is 14.9. The third-order valence-corrected chi connectivity index (χ3v) is 6.92. The molecule has 9 nitrogen and oxygen atoms in total. The molecule has 1 aromatic carbocycles. The van der Waals surface area contributed by atoms with Crippen LogP contribution in [0.5, 0.6) is 0 Å². The van der Waals surface area contributed by atoms with Crippen LogP contribution in [0.2, 0.25) is 4.34 Å². The van der Waals surface area contributed by atoms with Crippen LogP contribution in [-0.4, -0.2) is 76.4 Å². The molecule has 2 amide bonds. The van der Waals surface area contributed by atoms with Gasteiger partial charge in [0.25, 0.3) is 11.5 Å². The summed E-state index contributed by atoms with van der Waals surface area (Å²) < 4.78 is 2.00. The van der Waals surface area contributed by atoms with Gasteiger partial charge in [-0.15, -0.1) is 11.3 Å². The molecule has 1 aliphatic rings. The van der Waals surface area contributed by atoms with E-state index in [1.807, 2.05) is 0 Å². The Morgan fingerprint density at radius 1 is 1.08 bits per heavy atom. The molecule has 0 spiro atoms. The Morgan fingerprint density at radius 2 is 1.83 bits per heavy atom. The quantitative estimate of drug-likeness (QED) is 0.390. The van der Waals surface area contributed by atoms with E-state index in [2.05, 4.69) is 10.6 Å². The number of benzene rings is 1. The zero-order valence-corrected chi connectivity index (χ0v) is 20.1. The number of carbonyl (C=O) groups excluding carboxylic acids is 2. The van der Waals surface area contributed by atoms with Gasteiger partial charge in [-0.2, -0.15) is 0 Å². The molecule has 0 saturated carbocycles. The van der Waals surface area contributed by atoms with Gasteiger partial charge in [-0.1, -0.05) is 17.7 Å². The number of halogens is 1. The number of hydrogen-bond donors (Lipinski definition) is 3. The minimum atomic E-state index is -0.961. The molecule has 0 bridgehead atoms. The van der Waals surface area contributed by atoms with Gasteiger partial charge in [0.15, 0.2) is 0 Å². The summed E-state index contributed by atoms with van der Waals surface area (Å²) in [5.41, 5.74) is 1.04. The summed E-state index contributed by atoms with van der Waals surface area (Å²) in [7, 11) is 0. The monoisotopic (exact) mass is 522 g/mol. The molecule has 3 aromatic rings. The third kappa shape index (κ3) is 6.87. The standard InChI is InChI=1S/C24H23ClN4O5S.Li.H/c25-20-9-8-19(35-20)24(34)27-16-13-18(28(14-16)12-10-22(31)32)23(33)26-15-4-6-17(7-5-15)29-11-2-1-3-21(29)30;;/h1-9,11,16,18H,10,12-14H2,(H,26,33)(H,27,34)(H,31,32);;. The van der Waals surface area contributed by atoms with Crippen molar-refractivity contribution < 1.29 is 19.5 Å². The first-order chi connectivity index (χ1) is 16.8. The maximum absolute atomic E-state index is 13.1. The minimum absolute atomic E-state index is 0. The number of hydrogen-bond acceptors (Lipinski definition) is 6. The fourth-order valence-corrected chi connectivity index (χ4v) is 4.98. The summed E-state index contributed by atoms with van der Waals surface area (Å²) in [6.07, 6.45) is 1.88. The number of anilines is 1. The van der Waals surface area contributed by atoms with Crippen molar-refractivity contribution in [3.05, 3.63) is 80.4 Å². The van der Waals surface area contributed by atoms with Gasteiger partial charge in [0, 0.05) is 42.8 Å². The summed E-state index contributed by atoms with van der Waals surface area (Å²) >= 11 is 7.08. The number of nitrogens with zero attached hydrogens (tertiary/aromatic N) is 2. The van der Waals surface area contributed by atoms with Gasteiger partial charge >= 0.3 is 24.8 Å². The van der Waals surface area contributed by atoms with Gasteiger partial charge in [0.2, 0.25) is 5.91 Å². The van der Waals surface area contributed by atoms with E-state index in [1.165, 1.54) is 10.6 Å². The van der Waals surface area contributed by atoms with E-state index in [9.17, 15) is 19.2 Å². The van der Waals surface area contributed by atoms with Gasteiger partial charge in [-0.25, -0.2) is 0 Å². The molecule has 1 aliphatic heterocycles. The molecule has 2 unspecified atom stereocenters. The second kappa shape index (κ2) is 12.4. The fourth-order valence-electron chi connectivity index (χ4n) is 4.03. The number of carboxylic acids is 1. The number of amides is 2. The van der Waals surface area contributed by atoms with Crippen molar-refractivity contribution in [2.75, 3.05) is 18.4 Å². The SMILES string of the molecule is O=C(O)CCN1CC(NC(=O)c2ccc(Cl)s2)CC1C(=O)Nc1ccc(-n2ccccc2=O)cc1.[LiH]. The van der Waals surface area contributed by atoms with E-state index in [-0.39, 0.29) is 55.2 Å². The van der Waals surface area contributed by atoms with Crippen LogP contribution in [0.3, 0.4) is 0 Å².